The maximum absolute atomic E-state index is 5.07. The Kier molecular flexibility index (Phi) is 3.53. The second-order valence-electron chi connectivity index (χ2n) is 3.51. The van der Waals surface area contributed by atoms with Gasteiger partial charge in [0.25, 0.3) is 0 Å². The Bertz CT molecular complexity index is 432. The van der Waals surface area contributed by atoms with Gasteiger partial charge in [-0.05, 0) is 19.1 Å². The van der Waals surface area contributed by atoms with Crippen LogP contribution in [0.3, 0.4) is 0 Å². The van der Waals surface area contributed by atoms with Gasteiger partial charge in [0.2, 0.25) is 0 Å². The van der Waals surface area contributed by atoms with E-state index in [1.165, 1.54) is 0 Å². The van der Waals surface area contributed by atoms with E-state index in [0.29, 0.717) is 0 Å². The molecule has 5 nitrogen and oxygen atoms in total. The smallest absolute Gasteiger partial charge is 0.176 e. The fraction of sp³-hybridized carbons (Fsp3) is 0.364. The van der Waals surface area contributed by atoms with Gasteiger partial charge in [0.15, 0.2) is 5.84 Å². The van der Waals surface area contributed by atoms with E-state index in [0.717, 1.165) is 23.8 Å². The molecule has 0 amide bonds. The number of amidine groups is 1. The van der Waals surface area contributed by atoms with Crippen LogP contribution in [-0.4, -0.2) is 40.9 Å². The summed E-state index contributed by atoms with van der Waals surface area (Å²) >= 11 is 4.95. The zero-order valence-electron chi connectivity index (χ0n) is 9.75. The molecule has 1 unspecified atom stereocenters. The summed E-state index contributed by atoms with van der Waals surface area (Å²) in [6.45, 7) is 2.87. The van der Waals surface area contributed by atoms with Crippen LogP contribution in [0.25, 0.3) is 0 Å². The molecule has 0 fully saturated rings. The van der Waals surface area contributed by atoms with Crippen molar-refractivity contribution < 1.29 is 4.74 Å². The highest BCUT2D eigenvalue weighted by atomic mass is 32.1. The molecule has 0 aliphatic carbocycles. The molecule has 1 aromatic rings. The molecule has 0 spiro atoms. The molecule has 0 saturated heterocycles. The summed E-state index contributed by atoms with van der Waals surface area (Å²) in [6.07, 6.45) is 1.64. The topological polar surface area (TPSA) is 49.8 Å². The van der Waals surface area contributed by atoms with E-state index in [2.05, 4.69) is 27.3 Å². The molecule has 1 aromatic heterocycles. The number of hydrazone groups is 1. The summed E-state index contributed by atoms with van der Waals surface area (Å²) in [5, 5.41) is 5.91. The molecule has 90 valence electrons. The highest BCUT2D eigenvalue weighted by Crippen LogP contribution is 2.14. The van der Waals surface area contributed by atoms with Gasteiger partial charge >= 0.3 is 0 Å². The van der Waals surface area contributed by atoms with Crippen LogP contribution < -0.4 is 10.2 Å². The molecule has 17 heavy (non-hydrogen) atoms. The second-order valence-corrected chi connectivity index (χ2v) is 3.79. The number of nitrogens with zero attached hydrogens (tertiary/aromatic N) is 3. The van der Waals surface area contributed by atoms with E-state index >= 15 is 0 Å². The lowest BCUT2D eigenvalue weighted by Crippen LogP contribution is -2.41. The number of methoxy groups -OCH3 is 1. The molecule has 6 heteroatoms. The zero-order valence-corrected chi connectivity index (χ0v) is 10.6. The Morgan fingerprint density at radius 3 is 2.94 bits per heavy atom. The Morgan fingerprint density at radius 2 is 2.41 bits per heavy atom. The van der Waals surface area contributed by atoms with Gasteiger partial charge in [-0.3, -0.25) is 5.43 Å². The molecular formula is C11H14N4OS. The van der Waals surface area contributed by atoms with Gasteiger partial charge < -0.3 is 9.64 Å². The minimum Gasteiger partial charge on any atom is -0.495 e. The SMILES string of the molecule is CCN1C(c2ccc(OC)cn2)=NNC1C=S. The summed E-state index contributed by atoms with van der Waals surface area (Å²) < 4.78 is 5.07. The normalized spacial score (nSPS) is 18.6. The number of ether oxygens (including phenoxy) is 1. The van der Waals surface area contributed by atoms with E-state index < -0.39 is 0 Å². The van der Waals surface area contributed by atoms with Crippen LogP contribution in [0.2, 0.25) is 0 Å². The first kappa shape index (κ1) is 11.8. The zero-order chi connectivity index (χ0) is 12.3. The molecule has 2 heterocycles. The highest BCUT2D eigenvalue weighted by Gasteiger charge is 2.26. The lowest BCUT2D eigenvalue weighted by molar-refractivity contribution is 0.395. The Hall–Kier alpha value is -1.69. The first-order chi connectivity index (χ1) is 8.30. The van der Waals surface area contributed by atoms with Crippen molar-refractivity contribution in [2.45, 2.75) is 13.1 Å². The summed E-state index contributed by atoms with van der Waals surface area (Å²) in [5.41, 5.74) is 3.77. The second kappa shape index (κ2) is 5.09. The largest absolute Gasteiger partial charge is 0.495 e. The molecule has 0 aromatic carbocycles. The first-order valence-corrected chi connectivity index (χ1v) is 5.83. The van der Waals surface area contributed by atoms with Gasteiger partial charge in [-0.15, -0.1) is 0 Å². The number of hydrogen-bond acceptors (Lipinski definition) is 6. The van der Waals surface area contributed by atoms with Crippen LogP contribution in [0, 0.1) is 0 Å². The Morgan fingerprint density at radius 1 is 1.59 bits per heavy atom. The van der Waals surface area contributed by atoms with Crippen LogP contribution in [0.1, 0.15) is 12.6 Å². The van der Waals surface area contributed by atoms with Crippen molar-refractivity contribution in [3.05, 3.63) is 24.0 Å². The van der Waals surface area contributed by atoms with Gasteiger partial charge in [0, 0.05) is 11.9 Å². The lowest BCUT2D eigenvalue weighted by Gasteiger charge is -2.22. The number of pyridine rings is 1. The van der Waals surface area contributed by atoms with E-state index in [-0.39, 0.29) is 6.17 Å². The summed E-state index contributed by atoms with van der Waals surface area (Å²) in [4.78, 5) is 6.37. The molecule has 1 atom stereocenters. The van der Waals surface area contributed by atoms with Crippen molar-refractivity contribution in [1.29, 1.82) is 0 Å². The van der Waals surface area contributed by atoms with Gasteiger partial charge in [-0.2, -0.15) is 5.10 Å². The monoisotopic (exact) mass is 250 g/mol. The lowest BCUT2D eigenvalue weighted by atomic mass is 10.3. The molecule has 0 radical (unpaired) electrons. The van der Waals surface area contributed by atoms with Gasteiger partial charge in [0.1, 0.15) is 17.6 Å². The number of rotatable bonds is 4. The summed E-state index contributed by atoms with van der Waals surface area (Å²) in [7, 11) is 1.62. The average molecular weight is 250 g/mol. The molecule has 0 bridgehead atoms. The van der Waals surface area contributed by atoms with Crippen LogP contribution >= 0.6 is 12.2 Å². The number of aromatic nitrogens is 1. The molecule has 2 rings (SSSR count). The van der Waals surface area contributed by atoms with E-state index in [9.17, 15) is 0 Å². The van der Waals surface area contributed by atoms with Crippen molar-refractivity contribution >= 4 is 23.4 Å². The third-order valence-corrected chi connectivity index (χ3v) is 2.84. The van der Waals surface area contributed by atoms with Crippen molar-refractivity contribution in [2.24, 2.45) is 5.10 Å². The minimum absolute atomic E-state index is 0.0334. The fourth-order valence-electron chi connectivity index (χ4n) is 1.68. The predicted molar refractivity (Wildman–Crippen MR) is 70.3 cm³/mol. The van der Waals surface area contributed by atoms with Crippen molar-refractivity contribution in [3.8, 4) is 5.75 Å². The van der Waals surface area contributed by atoms with Crippen molar-refractivity contribution in [3.63, 3.8) is 0 Å². The summed E-state index contributed by atoms with van der Waals surface area (Å²) in [5.74, 6) is 1.54. The van der Waals surface area contributed by atoms with Gasteiger partial charge in [-0.25, -0.2) is 4.98 Å². The molecule has 0 saturated carbocycles. The van der Waals surface area contributed by atoms with Crippen LogP contribution in [-0.2, 0) is 0 Å². The average Bonchev–Trinajstić information content (AvgIpc) is 2.81. The number of thiocarbonyl (C=S) groups is 1. The predicted octanol–water partition coefficient (Wildman–Crippen LogP) is 1.00. The fourth-order valence-corrected chi connectivity index (χ4v) is 1.89. The van der Waals surface area contributed by atoms with Gasteiger partial charge in [0.05, 0.1) is 13.3 Å². The minimum atomic E-state index is -0.0334. The maximum atomic E-state index is 5.07. The highest BCUT2D eigenvalue weighted by molar-refractivity contribution is 7.79. The van der Waals surface area contributed by atoms with Crippen LogP contribution in [0.4, 0.5) is 0 Å². The summed E-state index contributed by atoms with van der Waals surface area (Å²) in [6, 6.07) is 3.75. The third-order valence-electron chi connectivity index (χ3n) is 2.58. The Balaban J connectivity index is 2.24. The molecular weight excluding hydrogens is 236 g/mol. The maximum Gasteiger partial charge on any atom is 0.176 e. The van der Waals surface area contributed by atoms with E-state index in [1.54, 1.807) is 18.7 Å². The third kappa shape index (κ3) is 2.21. The van der Waals surface area contributed by atoms with Crippen LogP contribution in [0.5, 0.6) is 5.75 Å². The van der Waals surface area contributed by atoms with E-state index in [4.69, 9.17) is 17.0 Å². The van der Waals surface area contributed by atoms with E-state index in [1.807, 2.05) is 12.1 Å². The first-order valence-electron chi connectivity index (χ1n) is 5.35. The number of hydrogen-bond donors (Lipinski definition) is 1. The number of nitrogens with one attached hydrogen (secondary N) is 1. The van der Waals surface area contributed by atoms with Crippen molar-refractivity contribution in [2.75, 3.05) is 13.7 Å². The Labute approximate surface area is 105 Å². The quantitative estimate of drug-likeness (QED) is 0.808. The van der Waals surface area contributed by atoms with Gasteiger partial charge in [-0.1, -0.05) is 12.2 Å². The molecule has 1 aliphatic rings. The van der Waals surface area contributed by atoms with Crippen molar-refractivity contribution in [1.82, 2.24) is 15.3 Å². The van der Waals surface area contributed by atoms with Crippen LogP contribution in [0.15, 0.2) is 23.4 Å². The standard InChI is InChI=1S/C11H14N4OS/c1-3-15-10(7-17)13-14-11(15)9-5-4-8(16-2)6-12-9/h4-7,10,13H,3H2,1-2H3. The molecule has 1 aliphatic heterocycles. The molecule has 1 N–H and O–H groups in total.